The predicted octanol–water partition coefficient (Wildman–Crippen LogP) is 5.20. The smallest absolute Gasteiger partial charge is 0.271 e. The van der Waals surface area contributed by atoms with Crippen molar-refractivity contribution >= 4 is 40.1 Å². The highest BCUT2D eigenvalue weighted by Crippen LogP contribution is 2.29. The second-order valence-corrected chi connectivity index (χ2v) is 10.7. The van der Waals surface area contributed by atoms with Gasteiger partial charge in [-0.05, 0) is 49.6 Å². The van der Waals surface area contributed by atoms with Gasteiger partial charge in [0.15, 0.2) is 5.78 Å². The van der Waals surface area contributed by atoms with Crippen molar-refractivity contribution in [3.8, 4) is 11.8 Å². The largest absolute Gasteiger partial charge is 0.350 e. The molecule has 0 bridgehead atoms. The maximum absolute atomic E-state index is 14.3. The topological polar surface area (TPSA) is 97.2 Å². The van der Waals surface area contributed by atoms with Gasteiger partial charge in [0.05, 0.1) is 5.02 Å². The van der Waals surface area contributed by atoms with Gasteiger partial charge in [0, 0.05) is 71.3 Å². The average Bonchev–Trinajstić information content (AvgIpc) is 3.60. The van der Waals surface area contributed by atoms with Gasteiger partial charge >= 0.3 is 0 Å². The quantitative estimate of drug-likeness (QED) is 0.236. The van der Waals surface area contributed by atoms with E-state index in [4.69, 9.17) is 11.6 Å². The SMILES string of the molecule is CC(=O)c1cn(CC(=O)N2CC(=C(F)F)C[C@H]2C(=O)NCc2cccc(Cl)c2F)c2ccc(C#Cc3ncc(C)cn3)cc12. The number of halogens is 4. The van der Waals surface area contributed by atoms with E-state index in [2.05, 4.69) is 27.1 Å². The number of aromatic nitrogens is 3. The van der Waals surface area contributed by atoms with Crippen LogP contribution in [0.25, 0.3) is 10.9 Å². The standard InChI is InChI=1S/C32H25ClF3N5O3/c1-18-12-37-28(38-13-18)9-7-20-6-8-26-23(10-20)24(19(2)42)16-40(26)17-29(43)41-15-22(31(35)36)11-27(41)32(44)39-14-21-4-3-5-25(33)30(21)34/h3-6,8,10,12-13,16,27H,11,14-15,17H2,1-2H3,(H,39,44)/t27-/m0/s1. The zero-order chi connectivity index (χ0) is 31.5. The monoisotopic (exact) mass is 619 g/mol. The average molecular weight is 620 g/mol. The van der Waals surface area contributed by atoms with E-state index in [1.807, 2.05) is 6.92 Å². The number of benzene rings is 2. The van der Waals surface area contributed by atoms with Crippen molar-refractivity contribution in [3.63, 3.8) is 0 Å². The number of nitrogens with zero attached hydrogens (tertiary/aromatic N) is 4. The lowest BCUT2D eigenvalue weighted by Crippen LogP contribution is -2.46. The molecule has 8 nitrogen and oxygen atoms in total. The number of hydrogen-bond acceptors (Lipinski definition) is 5. The van der Waals surface area contributed by atoms with Gasteiger partial charge in [-0.1, -0.05) is 29.7 Å². The molecule has 224 valence electrons. The Kier molecular flexibility index (Phi) is 8.83. The normalized spacial score (nSPS) is 14.4. The van der Waals surface area contributed by atoms with E-state index in [0.29, 0.717) is 27.9 Å². The van der Waals surface area contributed by atoms with Gasteiger partial charge in [-0.3, -0.25) is 14.4 Å². The number of fused-ring (bicyclic) bond motifs is 1. The molecule has 1 N–H and O–H groups in total. The van der Waals surface area contributed by atoms with Gasteiger partial charge in [0.2, 0.25) is 17.6 Å². The molecule has 2 aromatic heterocycles. The molecule has 1 aliphatic rings. The third kappa shape index (κ3) is 6.50. The van der Waals surface area contributed by atoms with E-state index in [9.17, 15) is 27.6 Å². The lowest BCUT2D eigenvalue weighted by molar-refractivity contribution is -0.138. The summed E-state index contributed by atoms with van der Waals surface area (Å²) in [6.07, 6.45) is 2.49. The van der Waals surface area contributed by atoms with E-state index in [1.54, 1.807) is 35.2 Å². The summed E-state index contributed by atoms with van der Waals surface area (Å²) < 4.78 is 43.0. The molecule has 1 aliphatic heterocycles. The number of amides is 2. The molecule has 5 rings (SSSR count). The summed E-state index contributed by atoms with van der Waals surface area (Å²) in [5.41, 5.74) is 2.15. The summed E-state index contributed by atoms with van der Waals surface area (Å²) in [5, 5.41) is 2.96. The van der Waals surface area contributed by atoms with Crippen molar-refractivity contribution in [2.75, 3.05) is 6.54 Å². The fourth-order valence-corrected chi connectivity index (χ4v) is 5.14. The molecule has 44 heavy (non-hydrogen) atoms. The van der Waals surface area contributed by atoms with Crippen LogP contribution in [0.4, 0.5) is 13.2 Å². The second kappa shape index (κ2) is 12.7. The molecule has 4 aromatic rings. The Bertz CT molecular complexity index is 1890. The Morgan fingerprint density at radius 1 is 1.11 bits per heavy atom. The van der Waals surface area contributed by atoms with Gasteiger partial charge in [0.25, 0.3) is 6.08 Å². The van der Waals surface area contributed by atoms with Gasteiger partial charge in [-0.15, -0.1) is 0 Å². The molecule has 2 aromatic carbocycles. The Morgan fingerprint density at radius 2 is 1.86 bits per heavy atom. The first-order chi connectivity index (χ1) is 21.0. The Labute approximate surface area is 255 Å². The number of likely N-dealkylation sites (tertiary alicyclic amines) is 1. The van der Waals surface area contributed by atoms with Crippen LogP contribution < -0.4 is 5.32 Å². The van der Waals surface area contributed by atoms with Crippen LogP contribution in [0, 0.1) is 24.6 Å². The third-order valence-electron chi connectivity index (χ3n) is 7.22. The minimum atomic E-state index is -1.96. The minimum Gasteiger partial charge on any atom is -0.350 e. The number of aryl methyl sites for hydroxylation is 1. The zero-order valence-corrected chi connectivity index (χ0v) is 24.4. The Morgan fingerprint density at radius 3 is 2.57 bits per heavy atom. The number of ketones is 1. The summed E-state index contributed by atoms with van der Waals surface area (Å²) in [6, 6.07) is 8.21. The van der Waals surface area contributed by atoms with Crippen LogP contribution in [0.5, 0.6) is 0 Å². The van der Waals surface area contributed by atoms with Gasteiger partial charge in [-0.25, -0.2) is 14.4 Å². The van der Waals surface area contributed by atoms with E-state index in [1.165, 1.54) is 31.3 Å². The van der Waals surface area contributed by atoms with Crippen LogP contribution in [0.15, 0.2) is 66.6 Å². The number of Topliss-reactive ketones (excluding diaryl/α,β-unsaturated/α-hetero) is 1. The summed E-state index contributed by atoms with van der Waals surface area (Å²) in [7, 11) is 0. The lowest BCUT2D eigenvalue weighted by atomic mass is 10.1. The Balaban J connectivity index is 1.38. The Hall–Kier alpha value is -4.95. The van der Waals surface area contributed by atoms with Crippen LogP contribution in [-0.2, 0) is 22.7 Å². The van der Waals surface area contributed by atoms with Crippen LogP contribution >= 0.6 is 11.6 Å². The van der Waals surface area contributed by atoms with Gasteiger partial charge in [0.1, 0.15) is 18.4 Å². The highest BCUT2D eigenvalue weighted by Gasteiger charge is 2.38. The first-order valence-electron chi connectivity index (χ1n) is 13.5. The lowest BCUT2D eigenvalue weighted by Gasteiger charge is -2.24. The molecular formula is C32H25ClF3N5O3. The van der Waals surface area contributed by atoms with Crippen LogP contribution in [0.2, 0.25) is 5.02 Å². The molecule has 0 unspecified atom stereocenters. The summed E-state index contributed by atoms with van der Waals surface area (Å²) in [5.74, 6) is 3.92. The number of carbonyl (C=O) groups is 3. The zero-order valence-electron chi connectivity index (χ0n) is 23.6. The van der Waals surface area contributed by atoms with Gasteiger partial charge in [-0.2, -0.15) is 8.78 Å². The first-order valence-corrected chi connectivity index (χ1v) is 13.9. The third-order valence-corrected chi connectivity index (χ3v) is 7.51. The van der Waals surface area contributed by atoms with Crippen LogP contribution in [-0.4, -0.2) is 49.6 Å². The van der Waals surface area contributed by atoms with E-state index in [0.717, 1.165) is 10.5 Å². The van der Waals surface area contributed by atoms with Gasteiger partial charge < -0.3 is 14.8 Å². The first kappa shape index (κ1) is 30.5. The number of nitrogens with one attached hydrogen (secondary N) is 1. The highest BCUT2D eigenvalue weighted by atomic mass is 35.5. The fraction of sp³-hybridized carbons (Fsp3) is 0.219. The second-order valence-electron chi connectivity index (χ2n) is 10.3. The maximum atomic E-state index is 14.3. The minimum absolute atomic E-state index is 0.111. The summed E-state index contributed by atoms with van der Waals surface area (Å²) >= 11 is 5.80. The highest BCUT2D eigenvalue weighted by molar-refractivity contribution is 6.30. The van der Waals surface area contributed by atoms with Crippen molar-refractivity contribution in [3.05, 3.63) is 106 Å². The molecule has 1 fully saturated rings. The molecule has 12 heteroatoms. The molecule has 1 atom stereocenters. The van der Waals surface area contributed by atoms with Crippen LogP contribution in [0.3, 0.4) is 0 Å². The van der Waals surface area contributed by atoms with Crippen molar-refractivity contribution in [2.45, 2.75) is 39.4 Å². The van der Waals surface area contributed by atoms with Crippen molar-refractivity contribution in [1.29, 1.82) is 0 Å². The summed E-state index contributed by atoms with van der Waals surface area (Å²) in [6.45, 7) is 2.25. The molecule has 1 saturated heterocycles. The molecule has 0 saturated carbocycles. The summed E-state index contributed by atoms with van der Waals surface area (Å²) in [4.78, 5) is 48.5. The molecular weight excluding hydrogens is 595 g/mol. The molecule has 3 heterocycles. The van der Waals surface area contributed by atoms with E-state index >= 15 is 0 Å². The van der Waals surface area contributed by atoms with Crippen molar-refractivity contribution in [1.82, 2.24) is 24.8 Å². The molecule has 2 amide bonds. The van der Waals surface area contributed by atoms with Crippen molar-refractivity contribution < 1.29 is 27.6 Å². The van der Waals surface area contributed by atoms with E-state index in [-0.39, 0.29) is 41.5 Å². The molecule has 0 aliphatic carbocycles. The number of hydrogen-bond donors (Lipinski definition) is 1. The fourth-order valence-electron chi connectivity index (χ4n) is 4.95. The maximum Gasteiger partial charge on any atom is 0.271 e. The van der Waals surface area contributed by atoms with E-state index < -0.39 is 36.3 Å². The molecule has 0 spiro atoms. The van der Waals surface area contributed by atoms with Crippen LogP contribution in [0.1, 0.15) is 46.2 Å². The number of rotatable bonds is 6. The van der Waals surface area contributed by atoms with Crippen molar-refractivity contribution in [2.24, 2.45) is 0 Å². The number of carbonyl (C=O) groups excluding carboxylic acids is 3. The predicted molar refractivity (Wildman–Crippen MR) is 157 cm³/mol. The molecule has 0 radical (unpaired) electrons.